The van der Waals surface area contributed by atoms with E-state index in [1.54, 1.807) is 0 Å². The predicted octanol–water partition coefficient (Wildman–Crippen LogP) is 7.70. The molecule has 0 aromatic rings. The number of Topliss-reactive ketones (excluding diaryl/α,β-unsaturated/α-hetero) is 1. The molecule has 32 heavy (non-hydrogen) atoms. The molecule has 0 amide bonds. The third-order valence-corrected chi connectivity index (χ3v) is 6.18. The maximum Gasteiger partial charge on any atom is 0.306 e. The maximum atomic E-state index is 12.4. The Morgan fingerprint density at radius 3 is 1.84 bits per heavy atom. The second-order valence-corrected chi connectivity index (χ2v) is 9.42. The molecule has 0 aromatic heterocycles. The van der Waals surface area contributed by atoms with Crippen molar-refractivity contribution >= 4 is 11.8 Å². The minimum atomic E-state index is -0.202. The lowest BCUT2D eigenvalue weighted by Gasteiger charge is -2.17. The van der Waals surface area contributed by atoms with Crippen molar-refractivity contribution in [2.24, 2.45) is 11.8 Å². The number of carbonyl (C=O) groups is 2. The molecule has 1 saturated carbocycles. The van der Waals surface area contributed by atoms with E-state index < -0.39 is 0 Å². The highest BCUT2D eigenvalue weighted by Crippen LogP contribution is 2.33. The maximum absolute atomic E-state index is 12.4. The Hall–Kier alpha value is -1.54. The van der Waals surface area contributed by atoms with Gasteiger partial charge in [0.1, 0.15) is 11.5 Å². The van der Waals surface area contributed by atoms with E-state index in [1.165, 1.54) is 57.8 Å². The third-order valence-electron chi connectivity index (χ3n) is 6.18. The molecular formula is C28H48O4. The normalized spacial score (nSPS) is 13.9. The van der Waals surface area contributed by atoms with E-state index in [4.69, 9.17) is 9.47 Å². The zero-order valence-corrected chi connectivity index (χ0v) is 20.9. The van der Waals surface area contributed by atoms with Gasteiger partial charge in [0.2, 0.25) is 0 Å². The van der Waals surface area contributed by atoms with Gasteiger partial charge in [-0.15, -0.1) is 0 Å². The van der Waals surface area contributed by atoms with Gasteiger partial charge in [0.15, 0.2) is 0 Å². The third kappa shape index (κ3) is 15.3. The lowest BCUT2D eigenvalue weighted by Crippen LogP contribution is -2.18. The number of esters is 1. The van der Waals surface area contributed by atoms with Crippen molar-refractivity contribution in [1.82, 2.24) is 0 Å². The Morgan fingerprint density at radius 1 is 0.781 bits per heavy atom. The standard InChI is InChI=1S/C28H48O4/c1-4-7-9-11-13-15-19-31-26(6-3)21-24(22-27(29)25-17-18-25)23-28(30)32-20-16-14-12-10-8-5-2/h24-25H,3-5,7-23H2,1-2H3. The van der Waals surface area contributed by atoms with E-state index in [0.717, 1.165) is 32.1 Å². The highest BCUT2D eigenvalue weighted by molar-refractivity contribution is 5.84. The molecule has 0 N–H and O–H groups in total. The molecule has 0 aromatic carbocycles. The van der Waals surface area contributed by atoms with Gasteiger partial charge in [-0.25, -0.2) is 0 Å². The highest BCUT2D eigenvalue weighted by Gasteiger charge is 2.32. The van der Waals surface area contributed by atoms with Crippen molar-refractivity contribution in [3.63, 3.8) is 0 Å². The number of allylic oxidation sites excluding steroid dienone is 1. The molecule has 1 unspecified atom stereocenters. The number of unbranched alkanes of at least 4 members (excludes halogenated alkanes) is 10. The smallest absolute Gasteiger partial charge is 0.306 e. The number of ether oxygens (including phenoxy) is 2. The zero-order valence-electron chi connectivity index (χ0n) is 20.9. The summed E-state index contributed by atoms with van der Waals surface area (Å²) in [4.78, 5) is 24.8. The van der Waals surface area contributed by atoms with Gasteiger partial charge >= 0.3 is 5.97 Å². The molecule has 1 aliphatic carbocycles. The minimum absolute atomic E-state index is 0.0889. The van der Waals surface area contributed by atoms with Crippen LogP contribution in [0.25, 0.3) is 0 Å². The average molecular weight is 449 g/mol. The molecule has 0 heterocycles. The van der Waals surface area contributed by atoms with Gasteiger partial charge < -0.3 is 9.47 Å². The first-order valence-electron chi connectivity index (χ1n) is 13.3. The Morgan fingerprint density at radius 2 is 1.31 bits per heavy atom. The fourth-order valence-electron chi connectivity index (χ4n) is 3.96. The summed E-state index contributed by atoms with van der Waals surface area (Å²) in [6.07, 6.45) is 17.4. The first-order chi connectivity index (χ1) is 15.6. The second kappa shape index (κ2) is 19.0. The van der Waals surface area contributed by atoms with Crippen molar-refractivity contribution in [1.29, 1.82) is 0 Å². The molecule has 1 aliphatic rings. The van der Waals surface area contributed by atoms with E-state index in [2.05, 4.69) is 26.2 Å². The summed E-state index contributed by atoms with van der Waals surface area (Å²) in [5.41, 5.74) is 2.89. The van der Waals surface area contributed by atoms with Crippen molar-refractivity contribution in [2.75, 3.05) is 13.2 Å². The monoisotopic (exact) mass is 448 g/mol. The van der Waals surface area contributed by atoms with Crippen LogP contribution in [0.15, 0.2) is 18.1 Å². The Bertz CT molecular complexity index is 558. The molecule has 4 nitrogen and oxygen atoms in total. The van der Waals surface area contributed by atoms with Gasteiger partial charge in [-0.3, -0.25) is 9.59 Å². The van der Waals surface area contributed by atoms with E-state index in [1.807, 2.05) is 0 Å². The van der Waals surface area contributed by atoms with Crippen LogP contribution >= 0.6 is 0 Å². The summed E-state index contributed by atoms with van der Waals surface area (Å²) in [6.45, 7) is 9.32. The van der Waals surface area contributed by atoms with Crippen molar-refractivity contribution in [2.45, 2.75) is 123 Å². The summed E-state index contributed by atoms with van der Waals surface area (Å²) in [7, 11) is 0. The largest absolute Gasteiger partial charge is 0.490 e. The number of hydrogen-bond donors (Lipinski definition) is 0. The fourth-order valence-corrected chi connectivity index (χ4v) is 3.96. The summed E-state index contributed by atoms with van der Waals surface area (Å²) in [6, 6.07) is 0. The summed E-state index contributed by atoms with van der Waals surface area (Å²) < 4.78 is 11.4. The fraction of sp³-hybridized carbons (Fsp3) is 0.821. The van der Waals surface area contributed by atoms with Crippen LogP contribution in [-0.4, -0.2) is 25.0 Å². The van der Waals surface area contributed by atoms with Crippen LogP contribution < -0.4 is 0 Å². The van der Waals surface area contributed by atoms with Crippen molar-refractivity contribution < 1.29 is 19.1 Å². The minimum Gasteiger partial charge on any atom is -0.490 e. The first kappa shape index (κ1) is 28.5. The van der Waals surface area contributed by atoms with Crippen LogP contribution in [0.4, 0.5) is 0 Å². The quantitative estimate of drug-likeness (QED) is 0.0737. The molecule has 4 heteroatoms. The molecule has 0 saturated heterocycles. The molecule has 0 bridgehead atoms. The van der Waals surface area contributed by atoms with Gasteiger partial charge in [-0.1, -0.05) is 90.4 Å². The first-order valence-corrected chi connectivity index (χ1v) is 13.3. The van der Waals surface area contributed by atoms with Crippen molar-refractivity contribution in [3.05, 3.63) is 18.1 Å². The van der Waals surface area contributed by atoms with Gasteiger partial charge in [0.25, 0.3) is 0 Å². The van der Waals surface area contributed by atoms with Gasteiger partial charge in [0.05, 0.1) is 13.2 Å². The molecule has 1 rings (SSSR count). The number of rotatable bonds is 22. The molecule has 184 valence electrons. The van der Waals surface area contributed by atoms with E-state index >= 15 is 0 Å². The van der Waals surface area contributed by atoms with Crippen molar-refractivity contribution in [3.8, 4) is 0 Å². The number of ketones is 1. The van der Waals surface area contributed by atoms with Crippen LogP contribution in [0.2, 0.25) is 0 Å². The van der Waals surface area contributed by atoms with Crippen LogP contribution in [0.1, 0.15) is 123 Å². The molecule has 1 atom stereocenters. The number of carbonyl (C=O) groups excluding carboxylic acids is 2. The van der Waals surface area contributed by atoms with E-state index in [0.29, 0.717) is 31.8 Å². The second-order valence-electron chi connectivity index (χ2n) is 9.42. The van der Waals surface area contributed by atoms with Gasteiger partial charge in [0, 0.05) is 25.2 Å². The lowest BCUT2D eigenvalue weighted by molar-refractivity contribution is -0.145. The van der Waals surface area contributed by atoms with Crippen LogP contribution in [0.5, 0.6) is 0 Å². The zero-order chi connectivity index (χ0) is 23.4. The Balaban J connectivity index is 2.36. The summed E-state index contributed by atoms with van der Waals surface area (Å²) in [5.74, 6) is 0.867. The van der Waals surface area contributed by atoms with E-state index in [-0.39, 0.29) is 30.0 Å². The average Bonchev–Trinajstić information content (AvgIpc) is 3.62. The lowest BCUT2D eigenvalue weighted by atomic mass is 9.93. The molecule has 0 radical (unpaired) electrons. The molecular weight excluding hydrogens is 400 g/mol. The SMILES string of the molecule is C=C=C(CC(CC(=O)OCCCCCCCC)CC(=O)C1CC1)OCCCCCCCC. The highest BCUT2D eigenvalue weighted by atomic mass is 16.5. The molecule has 0 spiro atoms. The Kier molecular flexibility index (Phi) is 16.9. The topological polar surface area (TPSA) is 52.6 Å². The van der Waals surface area contributed by atoms with E-state index in [9.17, 15) is 9.59 Å². The van der Waals surface area contributed by atoms with Crippen LogP contribution in [0, 0.1) is 11.8 Å². The number of hydrogen-bond acceptors (Lipinski definition) is 4. The van der Waals surface area contributed by atoms with Gasteiger partial charge in [-0.05, 0) is 31.6 Å². The summed E-state index contributed by atoms with van der Waals surface area (Å²) >= 11 is 0. The molecule has 0 aliphatic heterocycles. The summed E-state index contributed by atoms with van der Waals surface area (Å²) in [5, 5.41) is 0. The van der Waals surface area contributed by atoms with Crippen LogP contribution in [0.3, 0.4) is 0 Å². The molecule has 1 fully saturated rings. The Labute approximate surface area is 197 Å². The predicted molar refractivity (Wildman–Crippen MR) is 131 cm³/mol. The van der Waals surface area contributed by atoms with Gasteiger partial charge in [-0.2, -0.15) is 0 Å². The van der Waals surface area contributed by atoms with Crippen LogP contribution in [-0.2, 0) is 19.1 Å².